The van der Waals surface area contributed by atoms with Crippen molar-refractivity contribution in [3.8, 4) is 0 Å². The fourth-order valence-electron chi connectivity index (χ4n) is 2.73. The maximum absolute atomic E-state index is 13.0. The van der Waals surface area contributed by atoms with Crippen molar-refractivity contribution < 1.29 is 27.9 Å². The number of nitrogens with one attached hydrogen (secondary N) is 1. The van der Waals surface area contributed by atoms with E-state index in [0.29, 0.717) is 0 Å². The first-order valence-electron chi connectivity index (χ1n) is 8.92. The molecule has 1 heterocycles. The van der Waals surface area contributed by atoms with E-state index in [1.54, 1.807) is 35.6 Å². The molecular weight excluding hydrogens is 435 g/mol. The summed E-state index contributed by atoms with van der Waals surface area (Å²) in [5, 5.41) is 11.2. The lowest BCUT2D eigenvalue weighted by atomic mass is 10.1. The van der Waals surface area contributed by atoms with Crippen LogP contribution in [0, 0.1) is 0 Å². The van der Waals surface area contributed by atoms with Gasteiger partial charge in [0.15, 0.2) is 5.16 Å². The van der Waals surface area contributed by atoms with E-state index in [1.807, 2.05) is 0 Å². The summed E-state index contributed by atoms with van der Waals surface area (Å²) in [4.78, 5) is 40.4. The second kappa shape index (κ2) is 9.21. The van der Waals surface area contributed by atoms with E-state index >= 15 is 0 Å². The van der Waals surface area contributed by atoms with E-state index in [0.717, 1.165) is 17.3 Å². The molecule has 0 bridgehead atoms. The molecule has 31 heavy (non-hydrogen) atoms. The number of aromatic nitrogens is 2. The Bertz CT molecular complexity index is 1180. The summed E-state index contributed by atoms with van der Waals surface area (Å²) < 4.78 is 38.2. The summed E-state index contributed by atoms with van der Waals surface area (Å²) in [6.45, 7) is -1.34. The van der Waals surface area contributed by atoms with Crippen LogP contribution in [0.3, 0.4) is 0 Å². The molecule has 0 saturated carbocycles. The third kappa shape index (κ3) is 5.85. The molecule has 7 nitrogen and oxygen atoms in total. The number of hydrogen-bond donors (Lipinski definition) is 2. The van der Waals surface area contributed by atoms with Crippen LogP contribution >= 0.6 is 11.8 Å². The quantitative estimate of drug-likeness (QED) is 0.423. The van der Waals surface area contributed by atoms with E-state index in [-0.39, 0.29) is 28.2 Å². The maximum atomic E-state index is 13.0. The van der Waals surface area contributed by atoms with Crippen molar-refractivity contribution in [3.63, 3.8) is 0 Å². The molecule has 1 aromatic heterocycles. The lowest BCUT2D eigenvalue weighted by Gasteiger charge is -2.14. The number of carboxylic acid groups (broad SMARTS) is 1. The smallest absolute Gasteiger partial charge is 0.405 e. The van der Waals surface area contributed by atoms with Crippen LogP contribution in [0.2, 0.25) is 0 Å². The van der Waals surface area contributed by atoms with Gasteiger partial charge in [0.1, 0.15) is 6.54 Å². The Morgan fingerprint density at radius 3 is 2.48 bits per heavy atom. The molecule has 162 valence electrons. The van der Waals surface area contributed by atoms with Crippen molar-refractivity contribution in [2.24, 2.45) is 0 Å². The van der Waals surface area contributed by atoms with Gasteiger partial charge in [-0.05, 0) is 23.8 Å². The molecule has 0 aliphatic rings. The Morgan fingerprint density at radius 2 is 1.84 bits per heavy atom. The van der Waals surface area contributed by atoms with Gasteiger partial charge in [0.05, 0.1) is 28.8 Å². The highest BCUT2D eigenvalue weighted by molar-refractivity contribution is 7.99. The van der Waals surface area contributed by atoms with Crippen LogP contribution < -0.4 is 10.9 Å². The topological polar surface area (TPSA) is 101 Å². The molecule has 0 saturated heterocycles. The molecule has 2 aromatic carbocycles. The van der Waals surface area contributed by atoms with E-state index in [1.165, 1.54) is 22.8 Å². The van der Waals surface area contributed by atoms with E-state index < -0.39 is 35.9 Å². The van der Waals surface area contributed by atoms with Crippen molar-refractivity contribution in [1.29, 1.82) is 0 Å². The minimum atomic E-state index is -4.54. The largest absolute Gasteiger partial charge is 0.478 e. The highest BCUT2D eigenvalue weighted by Gasteiger charge is 2.27. The first kappa shape index (κ1) is 22.3. The molecule has 1 amide bonds. The zero-order valence-corrected chi connectivity index (χ0v) is 16.7. The number of hydrogen-bond acceptors (Lipinski definition) is 5. The van der Waals surface area contributed by atoms with Crippen LogP contribution in [-0.4, -0.2) is 45.0 Å². The summed E-state index contributed by atoms with van der Waals surface area (Å²) in [6.07, 6.45) is -4.54. The summed E-state index contributed by atoms with van der Waals surface area (Å²) in [5.41, 5.74) is 0.367. The van der Waals surface area contributed by atoms with E-state index in [9.17, 15) is 32.7 Å². The normalized spacial score (nSPS) is 11.5. The highest BCUT2D eigenvalue weighted by Crippen LogP contribution is 2.20. The number of amides is 1. The standard InChI is InChI=1S/C20H16F3N3O4S/c21-20(22,23)11-24-16(27)10-31-19-25-15-8-13(18(29)30)6-7-14(15)17(28)26(19)9-12-4-2-1-3-5-12/h1-8H,9-11H2,(H,24,27)(H,29,30). The number of carbonyl (C=O) groups is 2. The minimum absolute atomic E-state index is 0.0703. The lowest BCUT2D eigenvalue weighted by Crippen LogP contribution is -2.35. The second-order valence-electron chi connectivity index (χ2n) is 6.49. The Kier molecular flexibility index (Phi) is 6.64. The zero-order valence-electron chi connectivity index (χ0n) is 15.8. The monoisotopic (exact) mass is 451 g/mol. The SMILES string of the molecule is O=C(CSc1nc2cc(C(=O)O)ccc2c(=O)n1Cc1ccccc1)NCC(F)(F)F. The molecule has 0 unspecified atom stereocenters. The average Bonchev–Trinajstić information content (AvgIpc) is 2.72. The molecule has 0 spiro atoms. The van der Waals surface area contributed by atoms with Crippen LogP contribution in [0.4, 0.5) is 13.2 Å². The van der Waals surface area contributed by atoms with Crippen molar-refractivity contribution in [1.82, 2.24) is 14.9 Å². The van der Waals surface area contributed by atoms with Gasteiger partial charge in [-0.25, -0.2) is 9.78 Å². The molecule has 2 N–H and O–H groups in total. The van der Waals surface area contributed by atoms with Gasteiger partial charge in [-0.1, -0.05) is 42.1 Å². The Labute approximate surface area is 177 Å². The average molecular weight is 451 g/mol. The van der Waals surface area contributed by atoms with Crippen molar-refractivity contribution in [2.75, 3.05) is 12.3 Å². The fourth-order valence-corrected chi connectivity index (χ4v) is 3.56. The predicted molar refractivity (Wildman–Crippen MR) is 108 cm³/mol. The van der Waals surface area contributed by atoms with Crippen molar-refractivity contribution in [2.45, 2.75) is 17.9 Å². The molecular formula is C20H16F3N3O4S. The van der Waals surface area contributed by atoms with Gasteiger partial charge in [-0.3, -0.25) is 14.2 Å². The lowest BCUT2D eigenvalue weighted by molar-refractivity contribution is -0.136. The Morgan fingerprint density at radius 1 is 1.13 bits per heavy atom. The van der Waals surface area contributed by atoms with Crippen LogP contribution in [0.25, 0.3) is 10.9 Å². The number of carbonyl (C=O) groups excluding carboxylic acids is 1. The maximum Gasteiger partial charge on any atom is 0.405 e. The number of alkyl halides is 3. The summed E-state index contributed by atoms with van der Waals surface area (Å²) in [5.74, 6) is -2.47. The number of nitrogens with zero attached hydrogens (tertiary/aromatic N) is 2. The highest BCUT2D eigenvalue weighted by atomic mass is 32.2. The Hall–Kier alpha value is -3.34. The molecule has 0 aliphatic carbocycles. The number of aromatic carboxylic acids is 1. The first-order valence-corrected chi connectivity index (χ1v) is 9.90. The minimum Gasteiger partial charge on any atom is -0.478 e. The number of fused-ring (bicyclic) bond motifs is 1. The van der Waals surface area contributed by atoms with Gasteiger partial charge in [-0.2, -0.15) is 13.2 Å². The van der Waals surface area contributed by atoms with Crippen LogP contribution in [-0.2, 0) is 11.3 Å². The fraction of sp³-hybridized carbons (Fsp3) is 0.200. The molecule has 0 fully saturated rings. The predicted octanol–water partition coefficient (Wildman–Crippen LogP) is 2.91. The van der Waals surface area contributed by atoms with Crippen LogP contribution in [0.5, 0.6) is 0 Å². The molecule has 0 atom stereocenters. The number of thioether (sulfide) groups is 1. The van der Waals surface area contributed by atoms with Gasteiger partial charge in [-0.15, -0.1) is 0 Å². The van der Waals surface area contributed by atoms with Gasteiger partial charge in [0.25, 0.3) is 5.56 Å². The number of carboxylic acids is 1. The van der Waals surface area contributed by atoms with Gasteiger partial charge >= 0.3 is 12.1 Å². The molecule has 3 rings (SSSR count). The summed E-state index contributed by atoms with van der Waals surface area (Å²) >= 11 is 0.793. The van der Waals surface area contributed by atoms with Crippen molar-refractivity contribution >= 4 is 34.5 Å². The summed E-state index contributed by atoms with van der Waals surface area (Å²) in [7, 11) is 0. The number of halogens is 3. The molecule has 3 aromatic rings. The Balaban J connectivity index is 1.97. The molecule has 11 heteroatoms. The number of rotatable bonds is 7. The third-order valence-corrected chi connectivity index (χ3v) is 5.15. The van der Waals surface area contributed by atoms with Crippen LogP contribution in [0.15, 0.2) is 58.5 Å². The third-order valence-electron chi connectivity index (χ3n) is 4.17. The summed E-state index contributed by atoms with van der Waals surface area (Å²) in [6, 6.07) is 12.8. The van der Waals surface area contributed by atoms with Crippen LogP contribution in [0.1, 0.15) is 15.9 Å². The second-order valence-corrected chi connectivity index (χ2v) is 7.43. The van der Waals surface area contributed by atoms with Gasteiger partial charge in [0.2, 0.25) is 5.91 Å². The van der Waals surface area contributed by atoms with Crippen molar-refractivity contribution in [3.05, 3.63) is 70.0 Å². The van der Waals surface area contributed by atoms with Gasteiger partial charge < -0.3 is 10.4 Å². The van der Waals surface area contributed by atoms with Gasteiger partial charge in [0, 0.05) is 0 Å². The zero-order chi connectivity index (χ0) is 22.6. The van der Waals surface area contributed by atoms with E-state index in [2.05, 4.69) is 4.98 Å². The first-order chi connectivity index (χ1) is 14.6. The molecule has 0 aliphatic heterocycles. The molecule has 0 radical (unpaired) electrons. The van der Waals surface area contributed by atoms with E-state index in [4.69, 9.17) is 0 Å². The number of benzene rings is 2.